The molecule has 5 nitrogen and oxygen atoms in total. The predicted molar refractivity (Wildman–Crippen MR) is 81.1 cm³/mol. The Balaban J connectivity index is 2.32. The van der Waals surface area contributed by atoms with Crippen molar-refractivity contribution in [1.82, 2.24) is 9.97 Å². The van der Waals surface area contributed by atoms with Gasteiger partial charge in [0.15, 0.2) is 0 Å². The summed E-state index contributed by atoms with van der Waals surface area (Å²) in [7, 11) is 0. The average molecular weight is 285 g/mol. The molecular weight excluding hydrogens is 266 g/mol. The minimum absolute atomic E-state index is 0.171. The predicted octanol–water partition coefficient (Wildman–Crippen LogP) is 2.44. The standard InChI is InChI=1S/C16H19N3O2/c1-4-21-16(20)14-11(3)18-13(19-15(14)17)9-12-8-6-5-7-10(12)2/h5-8H,4,9H2,1-3H3,(H2,17,18,19). The zero-order valence-electron chi connectivity index (χ0n) is 12.5. The molecule has 0 aliphatic heterocycles. The van der Waals surface area contributed by atoms with Gasteiger partial charge in [-0.05, 0) is 31.9 Å². The van der Waals surface area contributed by atoms with E-state index in [-0.39, 0.29) is 11.4 Å². The first-order valence-electron chi connectivity index (χ1n) is 6.87. The number of aromatic nitrogens is 2. The summed E-state index contributed by atoms with van der Waals surface area (Å²) in [4.78, 5) is 20.4. The van der Waals surface area contributed by atoms with E-state index in [9.17, 15) is 4.79 Å². The Kier molecular flexibility index (Phi) is 4.52. The van der Waals surface area contributed by atoms with Gasteiger partial charge in [-0.25, -0.2) is 14.8 Å². The van der Waals surface area contributed by atoms with Crippen LogP contribution in [0.15, 0.2) is 24.3 Å². The van der Waals surface area contributed by atoms with Gasteiger partial charge in [0.2, 0.25) is 0 Å². The van der Waals surface area contributed by atoms with Crippen molar-refractivity contribution in [3.63, 3.8) is 0 Å². The van der Waals surface area contributed by atoms with Crippen molar-refractivity contribution in [1.29, 1.82) is 0 Å². The summed E-state index contributed by atoms with van der Waals surface area (Å²) in [6.07, 6.45) is 0.584. The lowest BCUT2D eigenvalue weighted by atomic mass is 10.1. The van der Waals surface area contributed by atoms with Crippen molar-refractivity contribution in [2.45, 2.75) is 27.2 Å². The fourth-order valence-electron chi connectivity index (χ4n) is 2.17. The summed E-state index contributed by atoms with van der Waals surface area (Å²) < 4.78 is 4.97. The van der Waals surface area contributed by atoms with Crippen LogP contribution in [-0.2, 0) is 11.2 Å². The van der Waals surface area contributed by atoms with E-state index in [1.807, 2.05) is 31.2 Å². The number of ether oxygens (including phenoxy) is 1. The number of carbonyl (C=O) groups is 1. The van der Waals surface area contributed by atoms with Gasteiger partial charge < -0.3 is 10.5 Å². The van der Waals surface area contributed by atoms with Crippen LogP contribution in [0.3, 0.4) is 0 Å². The van der Waals surface area contributed by atoms with Crippen molar-refractivity contribution < 1.29 is 9.53 Å². The quantitative estimate of drug-likeness (QED) is 0.873. The second-order valence-electron chi connectivity index (χ2n) is 4.81. The van der Waals surface area contributed by atoms with E-state index in [1.165, 1.54) is 5.56 Å². The molecular formula is C16H19N3O2. The summed E-state index contributed by atoms with van der Waals surface area (Å²) >= 11 is 0. The summed E-state index contributed by atoms with van der Waals surface area (Å²) in [5.41, 5.74) is 9.01. The molecule has 110 valence electrons. The number of nitrogens with zero attached hydrogens (tertiary/aromatic N) is 2. The largest absolute Gasteiger partial charge is 0.462 e. The lowest BCUT2D eigenvalue weighted by molar-refractivity contribution is 0.0526. The first kappa shape index (κ1) is 15.0. The van der Waals surface area contributed by atoms with Crippen molar-refractivity contribution in [2.75, 3.05) is 12.3 Å². The average Bonchev–Trinajstić information content (AvgIpc) is 2.41. The summed E-state index contributed by atoms with van der Waals surface area (Å²) in [5.74, 6) is 0.298. The van der Waals surface area contributed by atoms with E-state index < -0.39 is 5.97 Å². The van der Waals surface area contributed by atoms with Gasteiger partial charge in [0.05, 0.1) is 12.3 Å². The first-order chi connectivity index (χ1) is 10.0. The first-order valence-corrected chi connectivity index (χ1v) is 6.87. The van der Waals surface area contributed by atoms with Crippen LogP contribution < -0.4 is 5.73 Å². The molecule has 2 aromatic rings. The fourth-order valence-corrected chi connectivity index (χ4v) is 2.17. The molecule has 0 aliphatic rings. The third-order valence-corrected chi connectivity index (χ3v) is 3.25. The Labute approximate surface area is 124 Å². The number of carbonyl (C=O) groups excluding carboxylic acids is 1. The molecule has 1 heterocycles. The van der Waals surface area contributed by atoms with Crippen molar-refractivity contribution in [2.24, 2.45) is 0 Å². The number of nitrogen functional groups attached to an aromatic ring is 1. The van der Waals surface area contributed by atoms with E-state index in [0.29, 0.717) is 24.5 Å². The van der Waals surface area contributed by atoms with Gasteiger partial charge in [-0.1, -0.05) is 24.3 Å². The molecule has 2 N–H and O–H groups in total. The molecule has 0 amide bonds. The second-order valence-corrected chi connectivity index (χ2v) is 4.81. The highest BCUT2D eigenvalue weighted by Gasteiger charge is 2.18. The molecule has 0 spiro atoms. The number of hydrogen-bond donors (Lipinski definition) is 1. The van der Waals surface area contributed by atoms with E-state index in [2.05, 4.69) is 9.97 Å². The lowest BCUT2D eigenvalue weighted by Gasteiger charge is -2.10. The Morgan fingerprint density at radius 2 is 1.95 bits per heavy atom. The number of benzene rings is 1. The summed E-state index contributed by atoms with van der Waals surface area (Å²) in [6, 6.07) is 8.04. The van der Waals surface area contributed by atoms with E-state index in [1.54, 1.807) is 13.8 Å². The van der Waals surface area contributed by atoms with Crippen LogP contribution in [0.2, 0.25) is 0 Å². The van der Waals surface area contributed by atoms with Crippen molar-refractivity contribution in [3.8, 4) is 0 Å². The molecule has 1 aromatic heterocycles. The third kappa shape index (κ3) is 3.37. The Bertz CT molecular complexity index is 645. The topological polar surface area (TPSA) is 78.1 Å². The van der Waals surface area contributed by atoms with Crippen LogP contribution in [0.4, 0.5) is 5.82 Å². The number of nitrogens with two attached hydrogens (primary N) is 1. The van der Waals surface area contributed by atoms with Crippen LogP contribution >= 0.6 is 0 Å². The van der Waals surface area contributed by atoms with Gasteiger partial charge in [0.1, 0.15) is 17.2 Å². The maximum absolute atomic E-state index is 11.8. The molecule has 0 aliphatic carbocycles. The molecule has 21 heavy (non-hydrogen) atoms. The van der Waals surface area contributed by atoms with Gasteiger partial charge >= 0.3 is 5.97 Å². The SMILES string of the molecule is CCOC(=O)c1c(C)nc(Cc2ccccc2C)nc1N. The summed E-state index contributed by atoms with van der Waals surface area (Å²) in [6.45, 7) is 5.82. The van der Waals surface area contributed by atoms with Gasteiger partial charge in [0.25, 0.3) is 0 Å². The second kappa shape index (κ2) is 6.35. The molecule has 5 heteroatoms. The zero-order valence-corrected chi connectivity index (χ0v) is 12.5. The van der Waals surface area contributed by atoms with Crippen molar-refractivity contribution >= 4 is 11.8 Å². The van der Waals surface area contributed by atoms with Crippen LogP contribution in [0.25, 0.3) is 0 Å². The molecule has 1 aromatic carbocycles. The maximum atomic E-state index is 11.8. The molecule has 2 rings (SSSR count). The lowest BCUT2D eigenvalue weighted by Crippen LogP contribution is -2.15. The Morgan fingerprint density at radius 3 is 2.57 bits per heavy atom. The highest BCUT2D eigenvalue weighted by molar-refractivity contribution is 5.95. The number of esters is 1. The molecule has 0 radical (unpaired) electrons. The number of rotatable bonds is 4. The van der Waals surface area contributed by atoms with E-state index in [4.69, 9.17) is 10.5 Å². The minimum Gasteiger partial charge on any atom is -0.462 e. The fraction of sp³-hybridized carbons (Fsp3) is 0.312. The Hall–Kier alpha value is -2.43. The van der Waals surface area contributed by atoms with Crippen LogP contribution in [0.1, 0.15) is 39.9 Å². The number of hydrogen-bond acceptors (Lipinski definition) is 5. The van der Waals surface area contributed by atoms with Crippen LogP contribution in [0, 0.1) is 13.8 Å². The molecule has 0 unspecified atom stereocenters. The molecule has 0 bridgehead atoms. The van der Waals surface area contributed by atoms with Crippen LogP contribution in [-0.4, -0.2) is 22.5 Å². The summed E-state index contributed by atoms with van der Waals surface area (Å²) in [5, 5.41) is 0. The molecule has 0 atom stereocenters. The Morgan fingerprint density at radius 1 is 1.24 bits per heavy atom. The minimum atomic E-state index is -0.477. The third-order valence-electron chi connectivity index (χ3n) is 3.25. The highest BCUT2D eigenvalue weighted by atomic mass is 16.5. The number of aryl methyl sites for hydroxylation is 2. The normalized spacial score (nSPS) is 10.4. The van der Waals surface area contributed by atoms with E-state index >= 15 is 0 Å². The van der Waals surface area contributed by atoms with Gasteiger partial charge in [-0.3, -0.25) is 0 Å². The van der Waals surface area contributed by atoms with Gasteiger partial charge in [-0.2, -0.15) is 0 Å². The van der Waals surface area contributed by atoms with E-state index in [0.717, 1.165) is 5.56 Å². The highest BCUT2D eigenvalue weighted by Crippen LogP contribution is 2.17. The smallest absolute Gasteiger partial charge is 0.343 e. The molecule has 0 saturated carbocycles. The number of anilines is 1. The zero-order chi connectivity index (χ0) is 15.4. The molecule has 0 fully saturated rings. The van der Waals surface area contributed by atoms with Gasteiger partial charge in [-0.15, -0.1) is 0 Å². The van der Waals surface area contributed by atoms with Crippen LogP contribution in [0.5, 0.6) is 0 Å². The molecule has 0 saturated heterocycles. The van der Waals surface area contributed by atoms with Crippen molar-refractivity contribution in [3.05, 3.63) is 52.5 Å². The monoisotopic (exact) mass is 285 g/mol. The van der Waals surface area contributed by atoms with Gasteiger partial charge in [0, 0.05) is 6.42 Å². The maximum Gasteiger partial charge on any atom is 0.343 e.